The quantitative estimate of drug-likeness (QED) is 0.754. The first-order valence-corrected chi connectivity index (χ1v) is 7.56. The number of rotatable bonds is 1. The molecule has 2 unspecified atom stereocenters. The van der Waals surface area contributed by atoms with Gasteiger partial charge in [0.25, 0.3) is 5.56 Å². The second kappa shape index (κ2) is 4.45. The monoisotopic (exact) mass is 281 g/mol. The van der Waals surface area contributed by atoms with Crippen LogP contribution in [0.2, 0.25) is 0 Å². The summed E-state index contributed by atoms with van der Waals surface area (Å²) in [5, 5.41) is 0.692. The third-order valence-corrected chi connectivity index (χ3v) is 4.86. The normalized spacial score (nSPS) is 24.8. The zero-order chi connectivity index (χ0) is 14.6. The van der Waals surface area contributed by atoms with Crippen molar-refractivity contribution in [2.24, 2.45) is 7.05 Å². The molecule has 4 heteroatoms. The summed E-state index contributed by atoms with van der Waals surface area (Å²) < 4.78 is 1.71. The van der Waals surface area contributed by atoms with Crippen molar-refractivity contribution in [1.29, 1.82) is 0 Å². The van der Waals surface area contributed by atoms with E-state index in [1.165, 1.54) is 18.4 Å². The molecule has 1 aromatic carbocycles. The van der Waals surface area contributed by atoms with Gasteiger partial charge in [-0.15, -0.1) is 0 Å². The van der Waals surface area contributed by atoms with E-state index >= 15 is 0 Å². The van der Waals surface area contributed by atoms with Crippen LogP contribution in [0.1, 0.15) is 25.7 Å². The van der Waals surface area contributed by atoms with Gasteiger partial charge in [-0.2, -0.15) is 0 Å². The van der Waals surface area contributed by atoms with Crippen LogP contribution in [-0.2, 0) is 7.05 Å². The predicted octanol–water partition coefficient (Wildman–Crippen LogP) is 2.62. The van der Waals surface area contributed by atoms with E-state index in [0.717, 1.165) is 24.3 Å². The van der Waals surface area contributed by atoms with E-state index < -0.39 is 0 Å². The molecule has 2 bridgehead atoms. The minimum atomic E-state index is 0.0411. The Hall–Kier alpha value is -2.10. The van der Waals surface area contributed by atoms with Crippen molar-refractivity contribution in [3.8, 4) is 0 Å². The zero-order valence-electron chi connectivity index (χ0n) is 12.2. The van der Waals surface area contributed by atoms with Crippen LogP contribution in [-0.4, -0.2) is 21.6 Å². The third kappa shape index (κ3) is 1.82. The van der Waals surface area contributed by atoms with Crippen molar-refractivity contribution < 1.29 is 0 Å². The average molecular weight is 281 g/mol. The minimum Gasteiger partial charge on any atom is -0.336 e. The number of anilines is 1. The molecule has 0 amide bonds. The second-order valence-electron chi connectivity index (χ2n) is 6.24. The van der Waals surface area contributed by atoms with Gasteiger partial charge >= 0.3 is 0 Å². The van der Waals surface area contributed by atoms with E-state index in [0.29, 0.717) is 17.5 Å². The fraction of sp³-hybridized carbons (Fsp3) is 0.412. The van der Waals surface area contributed by atoms with Crippen LogP contribution in [0.15, 0.2) is 41.2 Å². The third-order valence-electron chi connectivity index (χ3n) is 4.86. The summed E-state index contributed by atoms with van der Waals surface area (Å²) in [6.45, 7) is 4.16. The first-order chi connectivity index (χ1) is 10.1. The maximum absolute atomic E-state index is 12.6. The van der Waals surface area contributed by atoms with E-state index in [1.807, 2.05) is 31.3 Å². The van der Waals surface area contributed by atoms with Crippen LogP contribution in [0.5, 0.6) is 0 Å². The molecule has 4 rings (SSSR count). The SMILES string of the molecule is C=C1CC2CCC(C1)N2c1nc2ccccc2c(=O)n1C. The first-order valence-electron chi connectivity index (χ1n) is 7.56. The van der Waals surface area contributed by atoms with E-state index in [1.54, 1.807) is 4.57 Å². The molecule has 4 nitrogen and oxygen atoms in total. The summed E-state index contributed by atoms with van der Waals surface area (Å²) in [6, 6.07) is 8.50. The lowest BCUT2D eigenvalue weighted by molar-refractivity contribution is 0.528. The van der Waals surface area contributed by atoms with Gasteiger partial charge < -0.3 is 4.90 Å². The maximum atomic E-state index is 12.6. The smallest absolute Gasteiger partial charge is 0.262 e. The predicted molar refractivity (Wildman–Crippen MR) is 84.6 cm³/mol. The van der Waals surface area contributed by atoms with Gasteiger partial charge in [-0.1, -0.05) is 24.3 Å². The standard InChI is InChI=1S/C17H19N3O/c1-11-9-12-7-8-13(10-11)20(12)17-18-15-6-4-3-5-14(15)16(21)19(17)2/h3-6,12-13H,1,7-10H2,2H3. The lowest BCUT2D eigenvalue weighted by atomic mass is 9.99. The largest absolute Gasteiger partial charge is 0.336 e. The number of fused-ring (bicyclic) bond motifs is 3. The first kappa shape index (κ1) is 12.6. The number of nitrogens with zero attached hydrogens (tertiary/aromatic N) is 3. The van der Waals surface area contributed by atoms with E-state index in [-0.39, 0.29) is 5.56 Å². The fourth-order valence-electron chi connectivity index (χ4n) is 3.88. The summed E-state index contributed by atoms with van der Waals surface area (Å²) >= 11 is 0. The molecule has 2 saturated heterocycles. The second-order valence-corrected chi connectivity index (χ2v) is 6.24. The van der Waals surface area contributed by atoms with Crippen LogP contribution in [0.4, 0.5) is 5.95 Å². The summed E-state index contributed by atoms with van der Waals surface area (Å²) in [6.07, 6.45) is 4.40. The van der Waals surface area contributed by atoms with Crippen LogP contribution in [0.3, 0.4) is 0 Å². The van der Waals surface area contributed by atoms with Gasteiger partial charge in [-0.05, 0) is 37.8 Å². The number of piperidine rings is 1. The summed E-state index contributed by atoms with van der Waals surface area (Å²) in [5.74, 6) is 0.818. The Bertz CT molecular complexity index is 776. The molecule has 0 spiro atoms. The highest BCUT2D eigenvalue weighted by Crippen LogP contribution is 2.39. The minimum absolute atomic E-state index is 0.0411. The van der Waals surface area contributed by atoms with E-state index in [9.17, 15) is 4.79 Å². The molecule has 2 aliphatic heterocycles. The van der Waals surface area contributed by atoms with Crippen molar-refractivity contribution in [3.05, 3.63) is 46.8 Å². The molecule has 2 aliphatic rings. The van der Waals surface area contributed by atoms with Crippen molar-refractivity contribution in [3.63, 3.8) is 0 Å². The lowest BCUT2D eigenvalue weighted by Gasteiger charge is -2.37. The van der Waals surface area contributed by atoms with Crippen molar-refractivity contribution in [2.45, 2.75) is 37.8 Å². The number of hydrogen-bond donors (Lipinski definition) is 0. The van der Waals surface area contributed by atoms with E-state index in [4.69, 9.17) is 4.98 Å². The van der Waals surface area contributed by atoms with Crippen LogP contribution >= 0.6 is 0 Å². The van der Waals surface area contributed by atoms with E-state index in [2.05, 4.69) is 11.5 Å². The molecular formula is C17H19N3O. The highest BCUT2D eigenvalue weighted by molar-refractivity contribution is 5.78. The molecule has 0 aliphatic carbocycles. The Labute approximate surface area is 123 Å². The molecule has 2 aromatic rings. The van der Waals surface area contributed by atoms with Gasteiger partial charge in [0.05, 0.1) is 10.9 Å². The van der Waals surface area contributed by atoms with Crippen LogP contribution in [0, 0.1) is 0 Å². The Morgan fingerprint density at radius 3 is 2.57 bits per heavy atom. The average Bonchev–Trinajstić information content (AvgIpc) is 2.74. The maximum Gasteiger partial charge on any atom is 0.262 e. The molecule has 0 saturated carbocycles. The van der Waals surface area contributed by atoms with Crippen molar-refractivity contribution in [1.82, 2.24) is 9.55 Å². The zero-order valence-corrected chi connectivity index (χ0v) is 12.2. The number of hydrogen-bond acceptors (Lipinski definition) is 3. The van der Waals surface area contributed by atoms with Crippen LogP contribution in [0.25, 0.3) is 10.9 Å². The highest BCUT2D eigenvalue weighted by atomic mass is 16.1. The topological polar surface area (TPSA) is 38.1 Å². The van der Waals surface area contributed by atoms with Crippen molar-refractivity contribution >= 4 is 16.9 Å². The Balaban J connectivity index is 1.90. The van der Waals surface area contributed by atoms with Gasteiger partial charge in [0, 0.05) is 19.1 Å². The van der Waals surface area contributed by atoms with Gasteiger partial charge in [0.15, 0.2) is 0 Å². The number of benzene rings is 1. The molecule has 3 heterocycles. The summed E-state index contributed by atoms with van der Waals surface area (Å²) in [4.78, 5) is 19.7. The molecule has 1 aromatic heterocycles. The molecule has 0 radical (unpaired) electrons. The molecular weight excluding hydrogens is 262 g/mol. The molecule has 0 N–H and O–H groups in total. The lowest BCUT2D eigenvalue weighted by Crippen LogP contribution is -2.43. The van der Waals surface area contributed by atoms with Gasteiger partial charge in [-0.25, -0.2) is 4.98 Å². The molecule has 21 heavy (non-hydrogen) atoms. The Morgan fingerprint density at radius 2 is 1.86 bits per heavy atom. The number of para-hydroxylation sites is 1. The van der Waals surface area contributed by atoms with Crippen LogP contribution < -0.4 is 10.5 Å². The molecule has 2 fully saturated rings. The van der Waals surface area contributed by atoms with Gasteiger partial charge in [0.1, 0.15) is 0 Å². The summed E-state index contributed by atoms with van der Waals surface area (Å²) in [5.41, 5.74) is 2.17. The molecule has 2 atom stereocenters. The Morgan fingerprint density at radius 1 is 1.19 bits per heavy atom. The van der Waals surface area contributed by atoms with Gasteiger partial charge in [0.2, 0.25) is 5.95 Å². The fourth-order valence-corrected chi connectivity index (χ4v) is 3.88. The van der Waals surface area contributed by atoms with Gasteiger partial charge in [-0.3, -0.25) is 9.36 Å². The number of aromatic nitrogens is 2. The highest BCUT2D eigenvalue weighted by Gasteiger charge is 2.39. The Kier molecular flexibility index (Phi) is 2.67. The molecule has 108 valence electrons. The summed E-state index contributed by atoms with van der Waals surface area (Å²) in [7, 11) is 1.83. The van der Waals surface area contributed by atoms with Crippen molar-refractivity contribution in [2.75, 3.05) is 4.90 Å².